The lowest BCUT2D eigenvalue weighted by atomic mass is 10.0. The molecule has 2 heteroatoms. The number of unbranched alkanes of at least 4 members (excludes halogenated alkanes) is 7. The molecular formula is C18H33NS. The van der Waals surface area contributed by atoms with Crippen LogP contribution < -0.4 is 5.32 Å². The van der Waals surface area contributed by atoms with Gasteiger partial charge in [0.15, 0.2) is 0 Å². The van der Waals surface area contributed by atoms with Gasteiger partial charge in [-0.25, -0.2) is 0 Å². The van der Waals surface area contributed by atoms with Gasteiger partial charge in [0.05, 0.1) is 0 Å². The second-order valence-electron chi connectivity index (χ2n) is 6.17. The van der Waals surface area contributed by atoms with E-state index < -0.39 is 0 Å². The maximum absolute atomic E-state index is 3.74. The van der Waals surface area contributed by atoms with E-state index >= 15 is 0 Å². The van der Waals surface area contributed by atoms with Crippen molar-refractivity contribution in [2.75, 3.05) is 6.54 Å². The van der Waals surface area contributed by atoms with Crippen molar-refractivity contribution in [3.63, 3.8) is 0 Å². The van der Waals surface area contributed by atoms with Gasteiger partial charge in [0, 0.05) is 10.9 Å². The lowest BCUT2D eigenvalue weighted by molar-refractivity contribution is 0.410. The monoisotopic (exact) mass is 295 g/mol. The first-order chi connectivity index (χ1) is 9.75. The maximum Gasteiger partial charge on any atom is 0.0438 e. The third-order valence-corrected chi connectivity index (χ3v) is 4.87. The van der Waals surface area contributed by atoms with Crippen LogP contribution in [0.25, 0.3) is 0 Å². The zero-order valence-electron chi connectivity index (χ0n) is 13.7. The third-order valence-electron chi connectivity index (χ3n) is 3.91. The highest BCUT2D eigenvalue weighted by Crippen LogP contribution is 2.25. The van der Waals surface area contributed by atoms with Gasteiger partial charge in [0.1, 0.15) is 0 Å². The van der Waals surface area contributed by atoms with E-state index in [-0.39, 0.29) is 0 Å². The van der Waals surface area contributed by atoms with Crippen LogP contribution in [0.4, 0.5) is 0 Å². The Balaban J connectivity index is 2.04. The minimum atomic E-state index is 0.541. The molecule has 1 N–H and O–H groups in total. The molecule has 20 heavy (non-hydrogen) atoms. The van der Waals surface area contributed by atoms with Crippen LogP contribution in [-0.2, 0) is 0 Å². The van der Waals surface area contributed by atoms with Crippen molar-refractivity contribution in [3.05, 3.63) is 22.4 Å². The molecule has 0 aliphatic carbocycles. The lowest BCUT2D eigenvalue weighted by Crippen LogP contribution is -2.25. The topological polar surface area (TPSA) is 12.0 Å². The Labute approximate surface area is 130 Å². The molecule has 0 fully saturated rings. The Morgan fingerprint density at radius 1 is 1.00 bits per heavy atom. The molecule has 0 saturated heterocycles. The van der Waals surface area contributed by atoms with Crippen LogP contribution in [0.1, 0.15) is 83.1 Å². The van der Waals surface area contributed by atoms with E-state index in [1.165, 1.54) is 56.2 Å². The summed E-state index contributed by atoms with van der Waals surface area (Å²) < 4.78 is 0. The highest BCUT2D eigenvalue weighted by Gasteiger charge is 2.15. The molecule has 1 aromatic rings. The summed E-state index contributed by atoms with van der Waals surface area (Å²) in [6.45, 7) is 8.07. The Bertz CT molecular complexity index is 305. The van der Waals surface area contributed by atoms with Crippen LogP contribution in [0, 0.1) is 5.92 Å². The molecule has 0 amide bonds. The summed E-state index contributed by atoms with van der Waals surface area (Å²) >= 11 is 1.88. The fourth-order valence-electron chi connectivity index (χ4n) is 2.65. The number of hydrogen-bond donors (Lipinski definition) is 1. The average Bonchev–Trinajstić information content (AvgIpc) is 2.94. The van der Waals surface area contributed by atoms with Gasteiger partial charge in [-0.1, -0.05) is 71.8 Å². The molecule has 0 radical (unpaired) electrons. The maximum atomic E-state index is 3.74. The van der Waals surface area contributed by atoms with Crippen LogP contribution in [0.3, 0.4) is 0 Å². The molecule has 1 atom stereocenters. The molecule has 1 aromatic heterocycles. The van der Waals surface area contributed by atoms with E-state index in [1.807, 2.05) is 11.3 Å². The van der Waals surface area contributed by atoms with E-state index in [0.717, 1.165) is 6.54 Å². The summed E-state index contributed by atoms with van der Waals surface area (Å²) in [5.41, 5.74) is 0. The molecule has 116 valence electrons. The highest BCUT2D eigenvalue weighted by atomic mass is 32.1. The largest absolute Gasteiger partial charge is 0.309 e. The predicted molar refractivity (Wildman–Crippen MR) is 92.5 cm³/mol. The molecule has 1 nitrogen and oxygen atoms in total. The first kappa shape index (κ1) is 17.7. The minimum Gasteiger partial charge on any atom is -0.309 e. The Kier molecular flexibility index (Phi) is 10.0. The molecule has 1 heterocycles. The van der Waals surface area contributed by atoms with Crippen LogP contribution in [0.5, 0.6) is 0 Å². The normalized spacial score (nSPS) is 13.0. The fraction of sp³-hybridized carbons (Fsp3) is 0.778. The van der Waals surface area contributed by atoms with Crippen molar-refractivity contribution < 1.29 is 0 Å². The van der Waals surface area contributed by atoms with E-state index in [1.54, 1.807) is 0 Å². The second kappa shape index (κ2) is 11.3. The van der Waals surface area contributed by atoms with E-state index in [9.17, 15) is 0 Å². The molecule has 0 aromatic carbocycles. The van der Waals surface area contributed by atoms with Gasteiger partial charge in [-0.05, 0) is 30.3 Å². The lowest BCUT2D eigenvalue weighted by Gasteiger charge is -2.21. The standard InChI is InChI=1S/C18H33NS/c1-4-5-6-7-8-9-10-11-14-19-18(16(2)3)17-13-12-15-20-17/h12-13,15-16,18-19H,4-11,14H2,1-3H3. The molecule has 0 saturated carbocycles. The number of nitrogens with one attached hydrogen (secondary N) is 1. The quantitative estimate of drug-likeness (QED) is 0.454. The van der Waals surface area contributed by atoms with Crippen LogP contribution in [-0.4, -0.2) is 6.54 Å². The van der Waals surface area contributed by atoms with Crippen molar-refractivity contribution in [2.45, 2.75) is 78.2 Å². The van der Waals surface area contributed by atoms with E-state index in [4.69, 9.17) is 0 Å². The third kappa shape index (κ3) is 7.44. The van der Waals surface area contributed by atoms with Crippen LogP contribution in [0.15, 0.2) is 17.5 Å². The van der Waals surface area contributed by atoms with Gasteiger partial charge in [-0.15, -0.1) is 11.3 Å². The minimum absolute atomic E-state index is 0.541. The van der Waals surface area contributed by atoms with Crippen molar-refractivity contribution in [2.24, 2.45) is 5.92 Å². The number of hydrogen-bond acceptors (Lipinski definition) is 2. The smallest absolute Gasteiger partial charge is 0.0438 e. The summed E-state index contributed by atoms with van der Waals surface area (Å²) in [5.74, 6) is 0.669. The van der Waals surface area contributed by atoms with Crippen molar-refractivity contribution >= 4 is 11.3 Å². The molecule has 0 bridgehead atoms. The first-order valence-corrected chi connectivity index (χ1v) is 9.40. The molecule has 0 aliphatic rings. The SMILES string of the molecule is CCCCCCCCCCNC(c1cccs1)C(C)C. The van der Waals surface area contributed by atoms with Gasteiger partial charge in [-0.3, -0.25) is 0 Å². The summed E-state index contributed by atoms with van der Waals surface area (Å²) in [5, 5.41) is 5.93. The van der Waals surface area contributed by atoms with Crippen LogP contribution >= 0.6 is 11.3 Å². The van der Waals surface area contributed by atoms with E-state index in [0.29, 0.717) is 12.0 Å². The Morgan fingerprint density at radius 2 is 1.65 bits per heavy atom. The van der Waals surface area contributed by atoms with Crippen LogP contribution in [0.2, 0.25) is 0 Å². The van der Waals surface area contributed by atoms with Gasteiger partial charge < -0.3 is 5.32 Å². The zero-order chi connectivity index (χ0) is 14.6. The van der Waals surface area contributed by atoms with Crippen molar-refractivity contribution in [1.82, 2.24) is 5.32 Å². The van der Waals surface area contributed by atoms with Gasteiger partial charge in [0.2, 0.25) is 0 Å². The Morgan fingerprint density at radius 3 is 2.20 bits per heavy atom. The Hall–Kier alpha value is -0.340. The van der Waals surface area contributed by atoms with Crippen molar-refractivity contribution in [1.29, 1.82) is 0 Å². The average molecular weight is 296 g/mol. The molecule has 0 aliphatic heterocycles. The summed E-state index contributed by atoms with van der Waals surface area (Å²) in [4.78, 5) is 1.49. The molecule has 1 unspecified atom stereocenters. The second-order valence-corrected chi connectivity index (χ2v) is 7.15. The summed E-state index contributed by atoms with van der Waals surface area (Å²) in [6.07, 6.45) is 11.2. The highest BCUT2D eigenvalue weighted by molar-refractivity contribution is 7.10. The summed E-state index contributed by atoms with van der Waals surface area (Å²) in [7, 11) is 0. The first-order valence-electron chi connectivity index (χ1n) is 8.52. The predicted octanol–water partition coefficient (Wildman–Crippen LogP) is 6.18. The van der Waals surface area contributed by atoms with Gasteiger partial charge >= 0.3 is 0 Å². The van der Waals surface area contributed by atoms with Gasteiger partial charge in [-0.2, -0.15) is 0 Å². The summed E-state index contributed by atoms with van der Waals surface area (Å²) in [6, 6.07) is 4.96. The molecule has 0 spiro atoms. The molecular weight excluding hydrogens is 262 g/mol. The number of rotatable bonds is 12. The van der Waals surface area contributed by atoms with Crippen molar-refractivity contribution in [3.8, 4) is 0 Å². The number of thiophene rings is 1. The zero-order valence-corrected chi connectivity index (χ0v) is 14.5. The van der Waals surface area contributed by atoms with E-state index in [2.05, 4.69) is 43.6 Å². The fourth-order valence-corrected chi connectivity index (χ4v) is 3.62. The van der Waals surface area contributed by atoms with Gasteiger partial charge in [0.25, 0.3) is 0 Å². The molecule has 1 rings (SSSR count).